The second-order valence-corrected chi connectivity index (χ2v) is 8.13. The first-order valence-electron chi connectivity index (χ1n) is 9.63. The summed E-state index contributed by atoms with van der Waals surface area (Å²) in [6.45, 7) is 0.305. The Morgan fingerprint density at radius 2 is 1.63 bits per heavy atom. The number of nitrogens with zero attached hydrogens (tertiary/aromatic N) is 1. The number of hydrogen-bond donors (Lipinski definition) is 1. The molecule has 0 bridgehead atoms. The van der Waals surface area contributed by atoms with Crippen LogP contribution in [0.3, 0.4) is 0 Å². The molecule has 0 radical (unpaired) electrons. The lowest BCUT2D eigenvalue weighted by Gasteiger charge is -2.22. The number of anilines is 1. The quantitative estimate of drug-likeness (QED) is 0.527. The predicted octanol–water partition coefficient (Wildman–Crippen LogP) is 4.97. The van der Waals surface area contributed by atoms with Gasteiger partial charge in [0.25, 0.3) is 5.91 Å². The van der Waals surface area contributed by atoms with Crippen LogP contribution in [0.25, 0.3) is 6.08 Å². The van der Waals surface area contributed by atoms with Gasteiger partial charge in [-0.2, -0.15) is 0 Å². The number of halogens is 1. The molecule has 1 unspecified atom stereocenters. The normalized spacial score (nSPS) is 18.1. The van der Waals surface area contributed by atoms with Crippen molar-refractivity contribution in [2.24, 2.45) is 0 Å². The van der Waals surface area contributed by atoms with Gasteiger partial charge in [0, 0.05) is 22.1 Å². The first-order chi connectivity index (χ1) is 14.5. The molecule has 5 heteroatoms. The van der Waals surface area contributed by atoms with Gasteiger partial charge >= 0.3 is 0 Å². The summed E-state index contributed by atoms with van der Waals surface area (Å²) >= 11 is 3.35. The molecule has 1 N–H and O–H groups in total. The molecular formula is C25H20BrNO3. The summed E-state index contributed by atoms with van der Waals surface area (Å²) in [6, 6.07) is 23.8. The predicted molar refractivity (Wildman–Crippen MR) is 121 cm³/mol. The van der Waals surface area contributed by atoms with Gasteiger partial charge in [-0.05, 0) is 23.8 Å². The first kappa shape index (κ1) is 20.3. The molecule has 0 fully saturated rings. The van der Waals surface area contributed by atoms with Gasteiger partial charge in [-0.15, -0.1) is 0 Å². The Labute approximate surface area is 183 Å². The Kier molecular flexibility index (Phi) is 5.66. The van der Waals surface area contributed by atoms with Crippen molar-refractivity contribution in [2.75, 3.05) is 11.4 Å². The molecule has 4 rings (SSSR count). The summed E-state index contributed by atoms with van der Waals surface area (Å²) in [6.07, 6.45) is 3.51. The van der Waals surface area contributed by atoms with E-state index in [1.165, 1.54) is 4.90 Å². The van der Waals surface area contributed by atoms with E-state index in [4.69, 9.17) is 0 Å². The van der Waals surface area contributed by atoms with Crippen LogP contribution in [0, 0.1) is 0 Å². The Balaban J connectivity index is 1.59. The van der Waals surface area contributed by atoms with Crippen molar-refractivity contribution in [2.45, 2.75) is 12.0 Å². The number of carbonyl (C=O) groups excluding carboxylic acids is 2. The summed E-state index contributed by atoms with van der Waals surface area (Å²) in [4.78, 5) is 27.6. The van der Waals surface area contributed by atoms with Crippen molar-refractivity contribution in [1.29, 1.82) is 0 Å². The topological polar surface area (TPSA) is 57.6 Å². The highest BCUT2D eigenvalue weighted by atomic mass is 79.9. The van der Waals surface area contributed by atoms with Crippen molar-refractivity contribution in [3.8, 4) is 0 Å². The van der Waals surface area contributed by atoms with E-state index in [1.54, 1.807) is 42.5 Å². The number of ketones is 1. The molecule has 3 aromatic rings. The van der Waals surface area contributed by atoms with E-state index in [0.29, 0.717) is 23.4 Å². The van der Waals surface area contributed by atoms with Gasteiger partial charge < -0.3 is 10.0 Å². The largest absolute Gasteiger partial charge is 0.375 e. The number of Topliss-reactive ketones (excluding diaryl/α,β-unsaturated/α-hetero) is 1. The van der Waals surface area contributed by atoms with E-state index in [2.05, 4.69) is 15.9 Å². The zero-order chi connectivity index (χ0) is 21.1. The number of amides is 1. The third kappa shape index (κ3) is 3.86. The first-order valence-corrected chi connectivity index (χ1v) is 10.4. The van der Waals surface area contributed by atoms with Crippen molar-refractivity contribution in [3.63, 3.8) is 0 Å². The number of fused-ring (bicyclic) bond motifs is 1. The molecule has 1 atom stereocenters. The van der Waals surface area contributed by atoms with Crippen LogP contribution in [0.5, 0.6) is 0 Å². The Morgan fingerprint density at radius 1 is 0.967 bits per heavy atom. The van der Waals surface area contributed by atoms with Gasteiger partial charge in [0.05, 0.1) is 12.1 Å². The number of carbonyl (C=O) groups is 2. The van der Waals surface area contributed by atoms with E-state index in [-0.39, 0.29) is 12.2 Å². The molecule has 30 heavy (non-hydrogen) atoms. The number of hydrogen-bond acceptors (Lipinski definition) is 3. The van der Waals surface area contributed by atoms with Gasteiger partial charge in [-0.3, -0.25) is 9.59 Å². The third-order valence-corrected chi connectivity index (χ3v) is 5.75. The highest BCUT2D eigenvalue weighted by Crippen LogP contribution is 2.42. The van der Waals surface area contributed by atoms with Gasteiger partial charge in [0.15, 0.2) is 11.4 Å². The summed E-state index contributed by atoms with van der Waals surface area (Å²) in [5.74, 6) is -0.762. The molecular weight excluding hydrogens is 442 g/mol. The maximum atomic E-state index is 13.2. The lowest BCUT2D eigenvalue weighted by atomic mass is 9.88. The second-order valence-electron chi connectivity index (χ2n) is 7.21. The summed E-state index contributed by atoms with van der Waals surface area (Å²) < 4.78 is 0.858. The number of rotatable bonds is 6. The van der Waals surface area contributed by atoms with Gasteiger partial charge in [0.1, 0.15) is 0 Å². The van der Waals surface area contributed by atoms with Gasteiger partial charge in [-0.1, -0.05) is 88.7 Å². The Hall–Kier alpha value is -3.02. The van der Waals surface area contributed by atoms with Crippen LogP contribution in [0.4, 0.5) is 5.69 Å². The molecule has 0 aromatic heterocycles. The Bertz CT molecular complexity index is 1110. The fourth-order valence-corrected chi connectivity index (χ4v) is 3.95. The zero-order valence-corrected chi connectivity index (χ0v) is 17.7. The lowest BCUT2D eigenvalue weighted by Crippen LogP contribution is -2.41. The minimum atomic E-state index is -1.87. The minimum absolute atomic E-state index is 0.283. The fourth-order valence-electron chi connectivity index (χ4n) is 3.69. The molecule has 1 heterocycles. The smallest absolute Gasteiger partial charge is 0.264 e. The average Bonchev–Trinajstić information content (AvgIpc) is 2.97. The molecule has 4 nitrogen and oxygen atoms in total. The monoisotopic (exact) mass is 461 g/mol. The molecule has 1 aliphatic rings. The zero-order valence-electron chi connectivity index (χ0n) is 16.2. The fraction of sp³-hybridized carbons (Fsp3) is 0.120. The molecule has 3 aromatic carbocycles. The van der Waals surface area contributed by atoms with Gasteiger partial charge in [0.2, 0.25) is 0 Å². The molecule has 1 aliphatic heterocycles. The van der Waals surface area contributed by atoms with Crippen LogP contribution in [0.1, 0.15) is 27.9 Å². The molecule has 0 saturated carbocycles. The van der Waals surface area contributed by atoms with Crippen molar-refractivity contribution >= 4 is 39.4 Å². The standard InChI is InChI=1S/C25H20BrNO3/c26-20-14-12-19(13-15-20)23(28)17-25(30)21-10-4-5-11-22(21)27(24(25)29)16-6-9-18-7-2-1-3-8-18/h1-15,30H,16-17H2/b9-6+. The minimum Gasteiger partial charge on any atom is -0.375 e. The maximum Gasteiger partial charge on any atom is 0.264 e. The number of para-hydroxylation sites is 1. The highest BCUT2D eigenvalue weighted by Gasteiger charge is 2.50. The molecule has 0 saturated heterocycles. The maximum absolute atomic E-state index is 13.2. The number of aliphatic hydroxyl groups is 1. The highest BCUT2D eigenvalue weighted by molar-refractivity contribution is 9.10. The van der Waals surface area contributed by atoms with Crippen LogP contribution in [-0.2, 0) is 10.4 Å². The van der Waals surface area contributed by atoms with Crippen molar-refractivity contribution < 1.29 is 14.7 Å². The van der Waals surface area contributed by atoms with E-state index in [9.17, 15) is 14.7 Å². The van der Waals surface area contributed by atoms with E-state index in [0.717, 1.165) is 10.0 Å². The molecule has 0 spiro atoms. The Morgan fingerprint density at radius 3 is 2.37 bits per heavy atom. The summed E-state index contributed by atoms with van der Waals surface area (Å²) in [5, 5.41) is 11.3. The van der Waals surface area contributed by atoms with Crippen molar-refractivity contribution in [3.05, 3.63) is 106 Å². The molecule has 1 amide bonds. The van der Waals surface area contributed by atoms with Gasteiger partial charge in [-0.25, -0.2) is 0 Å². The van der Waals surface area contributed by atoms with Crippen LogP contribution < -0.4 is 4.90 Å². The third-order valence-electron chi connectivity index (χ3n) is 5.22. The SMILES string of the molecule is O=C(CC1(O)C(=O)N(C/C=C/c2ccccc2)c2ccccc21)c1ccc(Br)cc1. The summed E-state index contributed by atoms with van der Waals surface area (Å²) in [5.41, 5.74) is 0.707. The lowest BCUT2D eigenvalue weighted by molar-refractivity contribution is -0.135. The molecule has 150 valence electrons. The average molecular weight is 462 g/mol. The molecule has 0 aliphatic carbocycles. The summed E-state index contributed by atoms with van der Waals surface area (Å²) in [7, 11) is 0. The van der Waals surface area contributed by atoms with Crippen LogP contribution in [0.15, 0.2) is 89.4 Å². The van der Waals surface area contributed by atoms with E-state index >= 15 is 0 Å². The second kappa shape index (κ2) is 8.38. The van der Waals surface area contributed by atoms with Crippen molar-refractivity contribution in [1.82, 2.24) is 0 Å². The van der Waals surface area contributed by atoms with E-state index < -0.39 is 11.5 Å². The van der Waals surface area contributed by atoms with Crippen LogP contribution in [-0.4, -0.2) is 23.3 Å². The number of benzene rings is 3. The van der Waals surface area contributed by atoms with E-state index in [1.807, 2.05) is 48.6 Å². The van der Waals surface area contributed by atoms with Crippen LogP contribution >= 0.6 is 15.9 Å². The van der Waals surface area contributed by atoms with Crippen LogP contribution in [0.2, 0.25) is 0 Å².